The highest BCUT2D eigenvalue weighted by Crippen LogP contribution is 2.17. The summed E-state index contributed by atoms with van der Waals surface area (Å²) in [5.41, 5.74) is 3.18. The first-order chi connectivity index (χ1) is 11.0. The van der Waals surface area contributed by atoms with Gasteiger partial charge in [0.05, 0.1) is 6.54 Å². The average Bonchev–Trinajstić information content (AvgIpc) is 2.54. The van der Waals surface area contributed by atoms with Gasteiger partial charge in [-0.25, -0.2) is 0 Å². The summed E-state index contributed by atoms with van der Waals surface area (Å²) in [7, 11) is 0. The fraction of sp³-hybridized carbons (Fsp3) is 0.316. The van der Waals surface area contributed by atoms with Crippen LogP contribution in [0.3, 0.4) is 0 Å². The summed E-state index contributed by atoms with van der Waals surface area (Å²) in [4.78, 5) is 12.0. The van der Waals surface area contributed by atoms with Crippen LogP contribution in [0.25, 0.3) is 0 Å². The molecule has 0 saturated carbocycles. The highest BCUT2D eigenvalue weighted by molar-refractivity contribution is 6.30. The average molecular weight is 331 g/mol. The number of hydrogen-bond donors (Lipinski definition) is 2. The Morgan fingerprint density at radius 3 is 2.09 bits per heavy atom. The van der Waals surface area contributed by atoms with Crippen LogP contribution in [0.4, 0.5) is 5.69 Å². The number of carbonyl (C=O) groups excluding carboxylic acids is 1. The molecule has 23 heavy (non-hydrogen) atoms. The molecule has 2 N–H and O–H groups in total. The monoisotopic (exact) mass is 330 g/mol. The van der Waals surface area contributed by atoms with Gasteiger partial charge >= 0.3 is 0 Å². The van der Waals surface area contributed by atoms with Crippen molar-refractivity contribution in [2.24, 2.45) is 0 Å². The van der Waals surface area contributed by atoms with Gasteiger partial charge in [-0.3, -0.25) is 4.79 Å². The van der Waals surface area contributed by atoms with E-state index in [4.69, 9.17) is 11.6 Å². The molecule has 0 unspecified atom stereocenters. The minimum Gasteiger partial charge on any atom is -0.325 e. The molecule has 122 valence electrons. The predicted octanol–water partition coefficient (Wildman–Crippen LogP) is 4.75. The van der Waals surface area contributed by atoms with E-state index in [1.54, 1.807) is 0 Å². The molecule has 0 saturated heterocycles. The van der Waals surface area contributed by atoms with Gasteiger partial charge in [-0.1, -0.05) is 49.7 Å². The minimum atomic E-state index is -0.0527. The Morgan fingerprint density at radius 2 is 1.52 bits per heavy atom. The fourth-order valence-electron chi connectivity index (χ4n) is 2.27. The van der Waals surface area contributed by atoms with Gasteiger partial charge in [0, 0.05) is 16.8 Å². The number of rotatable bonds is 6. The molecule has 0 radical (unpaired) electrons. The lowest BCUT2D eigenvalue weighted by atomic mass is 10.0. The third-order valence-electron chi connectivity index (χ3n) is 3.80. The summed E-state index contributed by atoms with van der Waals surface area (Å²) in [6.07, 6.45) is 0. The smallest absolute Gasteiger partial charge is 0.238 e. The second-order valence-corrected chi connectivity index (χ2v) is 6.42. The largest absolute Gasteiger partial charge is 0.325 e. The van der Waals surface area contributed by atoms with Crippen LogP contribution < -0.4 is 10.6 Å². The normalized spacial score (nSPS) is 12.2. The highest BCUT2D eigenvalue weighted by atomic mass is 35.5. The maximum absolute atomic E-state index is 12.0. The molecule has 2 aromatic carbocycles. The van der Waals surface area contributed by atoms with E-state index in [-0.39, 0.29) is 18.5 Å². The van der Waals surface area contributed by atoms with Crippen molar-refractivity contribution in [1.29, 1.82) is 0 Å². The Labute approximate surface area is 143 Å². The summed E-state index contributed by atoms with van der Waals surface area (Å²) in [5.74, 6) is 0.435. The van der Waals surface area contributed by atoms with Crippen molar-refractivity contribution >= 4 is 23.2 Å². The Hall–Kier alpha value is -1.84. The number of halogens is 1. The third kappa shape index (κ3) is 5.38. The Morgan fingerprint density at radius 1 is 0.957 bits per heavy atom. The summed E-state index contributed by atoms with van der Waals surface area (Å²) in [6, 6.07) is 15.7. The molecule has 0 fully saturated rings. The molecular weight excluding hydrogens is 308 g/mol. The van der Waals surface area contributed by atoms with Gasteiger partial charge in [-0.15, -0.1) is 0 Å². The second kappa shape index (κ2) is 8.14. The molecule has 4 heteroatoms. The molecule has 0 aliphatic heterocycles. The van der Waals surface area contributed by atoms with Gasteiger partial charge in [0.2, 0.25) is 5.91 Å². The topological polar surface area (TPSA) is 41.1 Å². The van der Waals surface area contributed by atoms with Gasteiger partial charge in [0.1, 0.15) is 0 Å². The Balaban J connectivity index is 1.83. The van der Waals surface area contributed by atoms with Crippen LogP contribution in [-0.4, -0.2) is 12.5 Å². The van der Waals surface area contributed by atoms with Crippen LogP contribution >= 0.6 is 11.6 Å². The quantitative estimate of drug-likeness (QED) is 0.802. The SMILES string of the molecule is CC(C)c1ccc(NC(=O)CN[C@@H](C)c2ccc(Cl)cc2)cc1. The standard InChI is InChI=1S/C19H23ClN2O/c1-13(2)15-6-10-18(11-7-15)22-19(23)12-21-14(3)16-4-8-17(20)9-5-16/h4-11,13-14,21H,12H2,1-3H3,(H,22,23)/t14-/m0/s1. The van der Waals surface area contributed by atoms with Crippen LogP contribution in [-0.2, 0) is 4.79 Å². The van der Waals surface area contributed by atoms with Crippen LogP contribution in [0.1, 0.15) is 43.9 Å². The van der Waals surface area contributed by atoms with Gasteiger partial charge in [-0.2, -0.15) is 0 Å². The fourth-order valence-corrected chi connectivity index (χ4v) is 2.40. The molecular formula is C19H23ClN2O. The highest BCUT2D eigenvalue weighted by Gasteiger charge is 2.08. The summed E-state index contributed by atoms with van der Waals surface area (Å²) < 4.78 is 0. The van der Waals surface area contributed by atoms with Crippen molar-refractivity contribution in [3.63, 3.8) is 0 Å². The summed E-state index contributed by atoms with van der Waals surface area (Å²) in [5, 5.41) is 6.83. The first-order valence-electron chi connectivity index (χ1n) is 7.84. The first-order valence-corrected chi connectivity index (χ1v) is 8.22. The van der Waals surface area contributed by atoms with Crippen molar-refractivity contribution < 1.29 is 4.79 Å². The van der Waals surface area contributed by atoms with Gasteiger partial charge in [-0.05, 0) is 48.2 Å². The number of hydrogen-bond acceptors (Lipinski definition) is 2. The Bertz CT molecular complexity index is 635. The van der Waals surface area contributed by atoms with Gasteiger partial charge in [0.25, 0.3) is 0 Å². The van der Waals surface area contributed by atoms with Crippen molar-refractivity contribution in [3.8, 4) is 0 Å². The molecule has 2 rings (SSSR count). The number of amides is 1. The molecule has 0 heterocycles. The molecule has 0 spiro atoms. The van der Waals surface area contributed by atoms with Gasteiger partial charge < -0.3 is 10.6 Å². The van der Waals surface area contributed by atoms with Crippen LogP contribution in [0, 0.1) is 0 Å². The first kappa shape index (κ1) is 17.5. The molecule has 0 aliphatic carbocycles. The van der Waals surface area contributed by atoms with E-state index in [1.807, 2.05) is 55.5 Å². The van der Waals surface area contributed by atoms with E-state index in [1.165, 1.54) is 5.56 Å². The number of carbonyl (C=O) groups is 1. The predicted molar refractivity (Wildman–Crippen MR) is 97.0 cm³/mol. The summed E-state index contributed by atoms with van der Waals surface area (Å²) in [6.45, 7) is 6.58. The number of benzene rings is 2. The maximum Gasteiger partial charge on any atom is 0.238 e. The third-order valence-corrected chi connectivity index (χ3v) is 4.05. The number of nitrogens with one attached hydrogen (secondary N) is 2. The van der Waals surface area contributed by atoms with Gasteiger partial charge in [0.15, 0.2) is 0 Å². The zero-order valence-corrected chi connectivity index (χ0v) is 14.5. The van der Waals surface area contributed by atoms with Crippen LogP contribution in [0.15, 0.2) is 48.5 Å². The lowest BCUT2D eigenvalue weighted by Crippen LogP contribution is -2.30. The second-order valence-electron chi connectivity index (χ2n) is 5.98. The molecule has 0 aromatic heterocycles. The van der Waals surface area contributed by atoms with E-state index >= 15 is 0 Å². The lowest BCUT2D eigenvalue weighted by molar-refractivity contribution is -0.115. The van der Waals surface area contributed by atoms with Crippen LogP contribution in [0.5, 0.6) is 0 Å². The zero-order valence-electron chi connectivity index (χ0n) is 13.8. The molecule has 3 nitrogen and oxygen atoms in total. The molecule has 2 aromatic rings. The molecule has 0 aliphatic rings. The van der Waals surface area contributed by atoms with E-state index < -0.39 is 0 Å². The number of anilines is 1. The zero-order chi connectivity index (χ0) is 16.8. The van der Waals surface area contributed by atoms with Crippen molar-refractivity contribution in [3.05, 3.63) is 64.7 Å². The minimum absolute atomic E-state index is 0.0527. The maximum atomic E-state index is 12.0. The molecule has 0 bridgehead atoms. The van der Waals surface area contributed by atoms with E-state index in [0.29, 0.717) is 10.9 Å². The lowest BCUT2D eigenvalue weighted by Gasteiger charge is -2.14. The molecule has 1 amide bonds. The van der Waals surface area contributed by atoms with E-state index in [9.17, 15) is 4.79 Å². The van der Waals surface area contributed by atoms with Crippen molar-refractivity contribution in [2.45, 2.75) is 32.7 Å². The van der Waals surface area contributed by atoms with Crippen molar-refractivity contribution in [1.82, 2.24) is 5.32 Å². The van der Waals surface area contributed by atoms with Crippen LogP contribution in [0.2, 0.25) is 5.02 Å². The molecule has 1 atom stereocenters. The van der Waals surface area contributed by atoms with Crippen molar-refractivity contribution in [2.75, 3.05) is 11.9 Å². The summed E-state index contributed by atoms with van der Waals surface area (Å²) >= 11 is 5.88. The van der Waals surface area contributed by atoms with E-state index in [0.717, 1.165) is 11.3 Å². The van der Waals surface area contributed by atoms with E-state index in [2.05, 4.69) is 24.5 Å². The Kier molecular flexibility index (Phi) is 6.20.